The van der Waals surface area contributed by atoms with E-state index in [2.05, 4.69) is 10.3 Å². The van der Waals surface area contributed by atoms with Crippen molar-refractivity contribution in [2.45, 2.75) is 26.5 Å². The smallest absolute Gasteiger partial charge is 0.189 e. The Kier molecular flexibility index (Phi) is 3.50. The first-order chi connectivity index (χ1) is 9.69. The van der Waals surface area contributed by atoms with Crippen molar-refractivity contribution in [1.29, 1.82) is 0 Å². The van der Waals surface area contributed by atoms with Crippen LogP contribution in [0, 0.1) is 0 Å². The lowest BCUT2D eigenvalue weighted by atomic mass is 10.1. The molecule has 1 aromatic heterocycles. The zero-order valence-electron chi connectivity index (χ0n) is 11.1. The summed E-state index contributed by atoms with van der Waals surface area (Å²) in [7, 11) is 0. The summed E-state index contributed by atoms with van der Waals surface area (Å²) in [4.78, 5) is 0. The van der Waals surface area contributed by atoms with Crippen LogP contribution in [0.4, 0.5) is 5.82 Å². The van der Waals surface area contributed by atoms with Crippen LogP contribution in [0.3, 0.4) is 0 Å². The van der Waals surface area contributed by atoms with Crippen LogP contribution in [0.1, 0.15) is 23.7 Å². The number of nitrogens with zero attached hydrogens (tertiary/aromatic N) is 3. The second-order valence-electron chi connectivity index (χ2n) is 4.60. The van der Waals surface area contributed by atoms with Crippen LogP contribution < -0.4 is 10.5 Å². The minimum Gasteiger partial charge on any atom is -0.467 e. The van der Waals surface area contributed by atoms with Crippen molar-refractivity contribution in [3.05, 3.63) is 34.0 Å². The topological polar surface area (TPSA) is 75.2 Å². The van der Waals surface area contributed by atoms with Gasteiger partial charge in [0.15, 0.2) is 12.6 Å². The van der Waals surface area contributed by atoms with Crippen molar-refractivity contribution >= 4 is 17.4 Å². The molecule has 0 fully saturated rings. The van der Waals surface area contributed by atoms with Crippen molar-refractivity contribution in [2.24, 2.45) is 0 Å². The number of benzene rings is 1. The quantitative estimate of drug-likeness (QED) is 0.937. The summed E-state index contributed by atoms with van der Waals surface area (Å²) in [5, 5.41) is 8.63. The van der Waals surface area contributed by atoms with Gasteiger partial charge in [0.05, 0.1) is 18.8 Å². The van der Waals surface area contributed by atoms with Gasteiger partial charge in [-0.3, -0.25) is 0 Å². The third kappa shape index (κ3) is 2.32. The first kappa shape index (κ1) is 13.2. The highest BCUT2D eigenvalue weighted by Crippen LogP contribution is 2.32. The third-order valence-electron chi connectivity index (χ3n) is 3.27. The summed E-state index contributed by atoms with van der Waals surface area (Å²) in [6, 6.07) is 3.74. The van der Waals surface area contributed by atoms with Crippen molar-refractivity contribution in [1.82, 2.24) is 15.0 Å². The Labute approximate surface area is 121 Å². The molecule has 0 unspecified atom stereocenters. The van der Waals surface area contributed by atoms with Crippen molar-refractivity contribution < 1.29 is 9.47 Å². The normalized spacial score (nSPS) is 13.9. The number of fused-ring (bicyclic) bond motifs is 1. The maximum Gasteiger partial charge on any atom is 0.189 e. The highest BCUT2D eigenvalue weighted by atomic mass is 35.5. The van der Waals surface area contributed by atoms with E-state index >= 15 is 0 Å². The molecule has 106 valence electrons. The fraction of sp³-hybridized carbons (Fsp3) is 0.385. The number of anilines is 1. The maximum atomic E-state index is 6.15. The lowest BCUT2D eigenvalue weighted by molar-refractivity contribution is -0.0171. The number of hydrogen-bond acceptors (Lipinski definition) is 5. The Hall–Kier alpha value is -1.79. The van der Waals surface area contributed by atoms with E-state index in [0.717, 1.165) is 29.0 Å². The largest absolute Gasteiger partial charge is 0.467 e. The van der Waals surface area contributed by atoms with Crippen LogP contribution in [-0.2, 0) is 24.3 Å². The number of rotatable bonds is 3. The summed E-state index contributed by atoms with van der Waals surface area (Å²) in [6.07, 6.45) is 0.769. The molecule has 7 heteroatoms. The predicted molar refractivity (Wildman–Crippen MR) is 74.7 cm³/mol. The van der Waals surface area contributed by atoms with Crippen LogP contribution in [0.15, 0.2) is 12.1 Å². The molecule has 0 amide bonds. The molecular formula is C13H15ClN4O2. The molecular weight excluding hydrogens is 280 g/mol. The van der Waals surface area contributed by atoms with E-state index in [1.807, 2.05) is 19.1 Å². The van der Waals surface area contributed by atoms with Gasteiger partial charge in [-0.05, 0) is 18.6 Å². The number of nitrogen functional groups attached to an aromatic ring is 1. The molecule has 1 aliphatic rings. The lowest BCUT2D eigenvalue weighted by Crippen LogP contribution is -2.15. The molecule has 2 N–H and O–H groups in total. The van der Waals surface area contributed by atoms with E-state index in [1.165, 1.54) is 0 Å². The molecule has 0 spiro atoms. The average molecular weight is 295 g/mol. The zero-order valence-corrected chi connectivity index (χ0v) is 11.9. The summed E-state index contributed by atoms with van der Waals surface area (Å²) in [6.45, 7) is 3.30. The van der Waals surface area contributed by atoms with Gasteiger partial charge >= 0.3 is 0 Å². The first-order valence-electron chi connectivity index (χ1n) is 6.38. The van der Waals surface area contributed by atoms with Crippen molar-refractivity contribution in [3.8, 4) is 5.75 Å². The molecule has 0 radical (unpaired) electrons. The summed E-state index contributed by atoms with van der Waals surface area (Å²) < 4.78 is 12.6. The second-order valence-corrected chi connectivity index (χ2v) is 5.03. The maximum absolute atomic E-state index is 6.15. The van der Waals surface area contributed by atoms with Crippen LogP contribution >= 0.6 is 11.6 Å². The van der Waals surface area contributed by atoms with Gasteiger partial charge in [-0.25, -0.2) is 4.68 Å². The number of hydrogen-bond donors (Lipinski definition) is 1. The van der Waals surface area contributed by atoms with Crippen LogP contribution in [0.2, 0.25) is 5.02 Å². The molecule has 0 bridgehead atoms. The Bertz CT molecular complexity index is 642. The van der Waals surface area contributed by atoms with Gasteiger partial charge in [-0.2, -0.15) is 0 Å². The van der Waals surface area contributed by atoms with Gasteiger partial charge in [0.1, 0.15) is 5.75 Å². The Morgan fingerprint density at radius 2 is 2.30 bits per heavy atom. The minimum absolute atomic E-state index is 0.252. The number of halogens is 1. The van der Waals surface area contributed by atoms with Crippen LogP contribution in [0.25, 0.3) is 0 Å². The molecule has 20 heavy (non-hydrogen) atoms. The number of nitrogens with two attached hydrogens (primary N) is 1. The van der Waals surface area contributed by atoms with E-state index in [1.54, 1.807) is 4.68 Å². The lowest BCUT2D eigenvalue weighted by Gasteiger charge is -2.21. The molecule has 3 rings (SSSR count). The summed E-state index contributed by atoms with van der Waals surface area (Å²) >= 11 is 6.15. The Morgan fingerprint density at radius 3 is 3.10 bits per heavy atom. The fourth-order valence-corrected chi connectivity index (χ4v) is 2.64. The van der Waals surface area contributed by atoms with E-state index in [9.17, 15) is 0 Å². The second kappa shape index (κ2) is 5.30. The van der Waals surface area contributed by atoms with Gasteiger partial charge in [0.2, 0.25) is 0 Å². The van der Waals surface area contributed by atoms with Gasteiger partial charge in [0.25, 0.3) is 0 Å². The summed E-state index contributed by atoms with van der Waals surface area (Å²) in [5.41, 5.74) is 8.61. The molecule has 2 heterocycles. The van der Waals surface area contributed by atoms with E-state index in [-0.39, 0.29) is 6.79 Å². The van der Waals surface area contributed by atoms with Gasteiger partial charge in [-0.1, -0.05) is 23.7 Å². The summed E-state index contributed by atoms with van der Waals surface area (Å²) in [5.74, 6) is 1.28. The fourth-order valence-electron chi connectivity index (χ4n) is 2.37. The van der Waals surface area contributed by atoms with E-state index < -0.39 is 0 Å². The first-order valence-corrected chi connectivity index (χ1v) is 6.76. The minimum atomic E-state index is 0.252. The van der Waals surface area contributed by atoms with E-state index in [4.69, 9.17) is 26.8 Å². The monoisotopic (exact) mass is 294 g/mol. The standard InChI is InChI=1S/C13H15ClN4O2/c1-2-11-13(15)16-17-18(11)5-8-3-10(14)4-9-6-19-7-20-12(8)9/h3-4H,2,5-7,15H2,1H3. The van der Waals surface area contributed by atoms with E-state index in [0.29, 0.717) is 24.0 Å². The molecule has 0 saturated carbocycles. The molecule has 2 aromatic rings. The third-order valence-corrected chi connectivity index (χ3v) is 3.49. The molecule has 0 saturated heterocycles. The van der Waals surface area contributed by atoms with Crippen molar-refractivity contribution in [2.75, 3.05) is 12.5 Å². The number of ether oxygens (including phenoxy) is 2. The van der Waals surface area contributed by atoms with Crippen molar-refractivity contribution in [3.63, 3.8) is 0 Å². The predicted octanol–water partition coefficient (Wildman–Crippen LogP) is 1.99. The van der Waals surface area contributed by atoms with Crippen LogP contribution in [-0.4, -0.2) is 21.8 Å². The molecule has 6 nitrogen and oxygen atoms in total. The SMILES string of the molecule is CCc1c(N)nnn1Cc1cc(Cl)cc2c1OCOC2. The highest BCUT2D eigenvalue weighted by Gasteiger charge is 2.18. The van der Waals surface area contributed by atoms with Gasteiger partial charge in [-0.15, -0.1) is 5.10 Å². The number of aromatic nitrogens is 3. The Morgan fingerprint density at radius 1 is 1.45 bits per heavy atom. The highest BCUT2D eigenvalue weighted by molar-refractivity contribution is 6.30. The van der Waals surface area contributed by atoms with Gasteiger partial charge in [0, 0.05) is 16.1 Å². The average Bonchev–Trinajstić information content (AvgIpc) is 2.79. The van der Waals surface area contributed by atoms with Crippen LogP contribution in [0.5, 0.6) is 5.75 Å². The molecule has 0 aliphatic carbocycles. The zero-order chi connectivity index (χ0) is 14.1. The molecule has 0 atom stereocenters. The molecule has 1 aromatic carbocycles. The Balaban J connectivity index is 2.00. The molecule has 1 aliphatic heterocycles. The van der Waals surface area contributed by atoms with Gasteiger partial charge < -0.3 is 15.2 Å².